The zero-order valence-electron chi connectivity index (χ0n) is 7.53. The molecule has 72 valence electrons. The van der Waals surface area contributed by atoms with Crippen LogP contribution >= 0.6 is 11.3 Å². The van der Waals surface area contributed by atoms with Gasteiger partial charge >= 0.3 is 0 Å². The molecule has 2 amide bonds. The van der Waals surface area contributed by atoms with Crippen molar-refractivity contribution in [2.24, 2.45) is 0 Å². The first-order valence-electron chi connectivity index (χ1n) is 4.11. The van der Waals surface area contributed by atoms with E-state index in [2.05, 4.69) is 10.3 Å². The van der Waals surface area contributed by atoms with Gasteiger partial charge in [0.2, 0.25) is 5.91 Å². The number of amides is 2. The standard InChI is InChI=1S/C9H8N2O2S/c1-5-7(14-4-10-5)2-6-3-8(12)11-9(6)13/h2,4H,3H2,1H3,(H,11,12,13). The number of hydrogen-bond donors (Lipinski definition) is 1. The molecule has 2 rings (SSSR count). The van der Waals surface area contributed by atoms with Crippen LogP contribution in [0.5, 0.6) is 0 Å². The lowest BCUT2D eigenvalue weighted by molar-refractivity contribution is -0.124. The molecule has 1 aromatic heterocycles. The fourth-order valence-electron chi connectivity index (χ4n) is 1.23. The largest absolute Gasteiger partial charge is 0.292 e. The molecule has 0 bridgehead atoms. The lowest BCUT2D eigenvalue weighted by Gasteiger charge is -1.91. The van der Waals surface area contributed by atoms with Gasteiger partial charge in [-0.3, -0.25) is 14.9 Å². The van der Waals surface area contributed by atoms with Gasteiger partial charge in [-0.1, -0.05) is 0 Å². The van der Waals surface area contributed by atoms with E-state index in [-0.39, 0.29) is 18.2 Å². The van der Waals surface area contributed by atoms with Crippen molar-refractivity contribution in [3.63, 3.8) is 0 Å². The Bertz CT molecular complexity index is 434. The molecule has 1 aromatic rings. The third kappa shape index (κ3) is 1.58. The van der Waals surface area contributed by atoms with Gasteiger partial charge < -0.3 is 0 Å². The monoisotopic (exact) mass is 208 g/mol. The predicted octanol–water partition coefficient (Wildman–Crippen LogP) is 0.881. The quantitative estimate of drug-likeness (QED) is 0.550. The molecule has 0 atom stereocenters. The molecule has 1 fully saturated rings. The fraction of sp³-hybridized carbons (Fsp3) is 0.222. The van der Waals surface area contributed by atoms with Crippen molar-refractivity contribution in [3.05, 3.63) is 21.7 Å². The molecule has 0 saturated carbocycles. The van der Waals surface area contributed by atoms with Gasteiger partial charge in [-0.05, 0) is 13.0 Å². The summed E-state index contributed by atoms with van der Waals surface area (Å²) in [6.07, 6.45) is 1.91. The highest BCUT2D eigenvalue weighted by molar-refractivity contribution is 7.10. The Morgan fingerprint density at radius 3 is 2.86 bits per heavy atom. The first kappa shape index (κ1) is 9.08. The molecule has 1 aliphatic rings. The fourth-order valence-corrected chi connectivity index (χ4v) is 1.99. The topological polar surface area (TPSA) is 59.1 Å². The Morgan fingerprint density at radius 1 is 1.57 bits per heavy atom. The maximum Gasteiger partial charge on any atom is 0.254 e. The Balaban J connectivity index is 2.32. The normalized spacial score (nSPS) is 19.1. The first-order chi connectivity index (χ1) is 6.66. The number of nitrogens with zero attached hydrogens (tertiary/aromatic N) is 1. The first-order valence-corrected chi connectivity index (χ1v) is 4.99. The molecular weight excluding hydrogens is 200 g/mol. The molecule has 2 heterocycles. The molecule has 0 unspecified atom stereocenters. The lowest BCUT2D eigenvalue weighted by atomic mass is 10.2. The average Bonchev–Trinajstić information content (AvgIpc) is 2.62. The molecule has 1 N–H and O–H groups in total. The van der Waals surface area contributed by atoms with E-state index in [0.29, 0.717) is 5.57 Å². The zero-order valence-corrected chi connectivity index (χ0v) is 8.35. The second-order valence-electron chi connectivity index (χ2n) is 3.03. The third-order valence-corrected chi connectivity index (χ3v) is 2.86. The van der Waals surface area contributed by atoms with Crippen molar-refractivity contribution in [2.75, 3.05) is 0 Å². The molecule has 5 heteroatoms. The summed E-state index contributed by atoms with van der Waals surface area (Å²) in [5.41, 5.74) is 3.12. The summed E-state index contributed by atoms with van der Waals surface area (Å²) in [6.45, 7) is 1.87. The number of aromatic nitrogens is 1. The van der Waals surface area contributed by atoms with E-state index in [1.165, 1.54) is 11.3 Å². The maximum atomic E-state index is 11.2. The molecule has 1 saturated heterocycles. The van der Waals surface area contributed by atoms with E-state index < -0.39 is 0 Å². The second-order valence-corrected chi connectivity index (χ2v) is 3.91. The average molecular weight is 208 g/mol. The molecule has 0 aliphatic carbocycles. The zero-order chi connectivity index (χ0) is 10.1. The van der Waals surface area contributed by atoms with Crippen molar-refractivity contribution in [2.45, 2.75) is 13.3 Å². The summed E-state index contributed by atoms with van der Waals surface area (Å²) in [6, 6.07) is 0. The molecule has 0 radical (unpaired) electrons. The van der Waals surface area contributed by atoms with Crippen molar-refractivity contribution in [1.29, 1.82) is 0 Å². The summed E-state index contributed by atoms with van der Waals surface area (Å²) in [5.74, 6) is -0.522. The molecule has 14 heavy (non-hydrogen) atoms. The van der Waals surface area contributed by atoms with Crippen LogP contribution in [0.4, 0.5) is 0 Å². The number of carbonyl (C=O) groups excluding carboxylic acids is 2. The number of thiazole rings is 1. The molecule has 4 nitrogen and oxygen atoms in total. The van der Waals surface area contributed by atoms with Gasteiger partial charge in [0, 0.05) is 5.57 Å². The number of carbonyl (C=O) groups is 2. The van der Waals surface area contributed by atoms with Crippen molar-refractivity contribution in [1.82, 2.24) is 10.3 Å². The highest BCUT2D eigenvalue weighted by Crippen LogP contribution is 2.19. The third-order valence-electron chi connectivity index (χ3n) is 1.98. The van der Waals surface area contributed by atoms with Crippen molar-refractivity contribution in [3.8, 4) is 0 Å². The highest BCUT2D eigenvalue weighted by atomic mass is 32.1. The summed E-state index contributed by atoms with van der Waals surface area (Å²) in [4.78, 5) is 27.1. The molecule has 1 aliphatic heterocycles. The van der Waals surface area contributed by atoms with E-state index in [9.17, 15) is 9.59 Å². The van der Waals surface area contributed by atoms with Gasteiger partial charge in [-0.15, -0.1) is 11.3 Å². The van der Waals surface area contributed by atoms with Crippen LogP contribution in [0, 0.1) is 6.92 Å². The van der Waals surface area contributed by atoms with Crippen LogP contribution in [0.3, 0.4) is 0 Å². The van der Waals surface area contributed by atoms with Gasteiger partial charge in [0.1, 0.15) is 0 Å². The Kier molecular flexibility index (Phi) is 2.17. The van der Waals surface area contributed by atoms with Crippen molar-refractivity contribution < 1.29 is 9.59 Å². The predicted molar refractivity (Wildman–Crippen MR) is 52.6 cm³/mol. The van der Waals surface area contributed by atoms with Crippen molar-refractivity contribution >= 4 is 29.2 Å². The van der Waals surface area contributed by atoms with Gasteiger partial charge in [0.25, 0.3) is 5.91 Å². The minimum atomic E-state index is -0.289. The molecule has 0 aromatic carbocycles. The summed E-state index contributed by atoms with van der Waals surface area (Å²) in [7, 11) is 0. The van der Waals surface area contributed by atoms with Crippen LogP contribution in [-0.2, 0) is 9.59 Å². The SMILES string of the molecule is Cc1ncsc1C=C1CC(=O)NC1=O. The Labute approximate surface area is 84.7 Å². The molecule has 0 spiro atoms. The number of imide groups is 1. The summed E-state index contributed by atoms with van der Waals surface area (Å²) >= 11 is 1.46. The highest BCUT2D eigenvalue weighted by Gasteiger charge is 2.23. The van der Waals surface area contributed by atoms with Gasteiger partial charge in [-0.2, -0.15) is 0 Å². The van der Waals surface area contributed by atoms with Gasteiger partial charge in [0.15, 0.2) is 0 Å². The maximum absolute atomic E-state index is 11.2. The van der Waals surface area contributed by atoms with E-state index in [0.717, 1.165) is 10.6 Å². The van der Waals surface area contributed by atoms with Crippen LogP contribution in [0.1, 0.15) is 17.0 Å². The number of hydrogen-bond acceptors (Lipinski definition) is 4. The van der Waals surface area contributed by atoms with Gasteiger partial charge in [0.05, 0.1) is 22.5 Å². The number of aryl methyl sites for hydroxylation is 1. The Morgan fingerprint density at radius 2 is 2.36 bits per heavy atom. The smallest absolute Gasteiger partial charge is 0.254 e. The van der Waals surface area contributed by atoms with Crippen LogP contribution in [0.25, 0.3) is 6.08 Å². The minimum absolute atomic E-state index is 0.177. The van der Waals surface area contributed by atoms with Crippen LogP contribution in [-0.4, -0.2) is 16.8 Å². The Hall–Kier alpha value is -1.49. The van der Waals surface area contributed by atoms with Gasteiger partial charge in [-0.25, -0.2) is 4.98 Å². The number of nitrogens with one attached hydrogen (secondary N) is 1. The lowest BCUT2D eigenvalue weighted by Crippen LogP contribution is -2.19. The minimum Gasteiger partial charge on any atom is -0.292 e. The summed E-state index contributed by atoms with van der Waals surface area (Å²) in [5, 5.41) is 2.24. The van der Waals surface area contributed by atoms with Crippen LogP contribution in [0.15, 0.2) is 11.1 Å². The molecular formula is C9H8N2O2S. The van der Waals surface area contributed by atoms with E-state index in [1.807, 2.05) is 6.92 Å². The van der Waals surface area contributed by atoms with E-state index in [4.69, 9.17) is 0 Å². The van der Waals surface area contributed by atoms with E-state index in [1.54, 1.807) is 11.6 Å². The number of rotatable bonds is 1. The van der Waals surface area contributed by atoms with Crippen LogP contribution in [0.2, 0.25) is 0 Å². The summed E-state index contributed by atoms with van der Waals surface area (Å²) < 4.78 is 0. The van der Waals surface area contributed by atoms with Crippen LogP contribution < -0.4 is 5.32 Å². The second kappa shape index (κ2) is 3.34. The van der Waals surface area contributed by atoms with E-state index >= 15 is 0 Å².